The van der Waals surface area contributed by atoms with Crippen LogP contribution in [-0.2, 0) is 12.3 Å². The molecule has 1 rings (SSSR count). The molecule has 3 nitrogen and oxygen atoms in total. The molecule has 0 saturated carbocycles. The zero-order chi connectivity index (χ0) is 12.1. The van der Waals surface area contributed by atoms with E-state index in [1.165, 1.54) is 6.20 Å². The SMILES string of the molecule is N#CCc1ncc(CCl)c(C#N)c1C(F)F. The maximum atomic E-state index is 12.8. The highest BCUT2D eigenvalue weighted by Crippen LogP contribution is 2.28. The molecule has 0 saturated heterocycles. The highest BCUT2D eigenvalue weighted by atomic mass is 35.5. The molecule has 0 aliphatic heterocycles. The Balaban J connectivity index is 3.47. The maximum absolute atomic E-state index is 12.8. The van der Waals surface area contributed by atoms with Crippen molar-refractivity contribution in [3.8, 4) is 12.1 Å². The number of hydrogen-bond acceptors (Lipinski definition) is 3. The number of alkyl halides is 3. The van der Waals surface area contributed by atoms with Gasteiger partial charge >= 0.3 is 0 Å². The van der Waals surface area contributed by atoms with E-state index in [9.17, 15) is 8.78 Å². The molecule has 1 aromatic rings. The molecule has 0 atom stereocenters. The summed E-state index contributed by atoms with van der Waals surface area (Å²) in [6.45, 7) is 0. The molecule has 0 radical (unpaired) electrons. The Bertz CT molecular complexity index is 474. The van der Waals surface area contributed by atoms with E-state index in [1.807, 2.05) is 0 Å². The van der Waals surface area contributed by atoms with E-state index < -0.39 is 12.0 Å². The molecular weight excluding hydrogens is 236 g/mol. The van der Waals surface area contributed by atoms with E-state index in [1.54, 1.807) is 12.1 Å². The predicted molar refractivity (Wildman–Crippen MR) is 52.8 cm³/mol. The van der Waals surface area contributed by atoms with Crippen molar-refractivity contribution in [2.75, 3.05) is 0 Å². The number of nitriles is 2. The first-order valence-corrected chi connectivity index (χ1v) is 4.81. The topological polar surface area (TPSA) is 60.5 Å². The lowest BCUT2D eigenvalue weighted by Crippen LogP contribution is -2.04. The molecule has 0 spiro atoms. The first-order chi connectivity index (χ1) is 7.65. The van der Waals surface area contributed by atoms with E-state index in [-0.39, 0.29) is 29.1 Å². The lowest BCUT2D eigenvalue weighted by atomic mass is 10.0. The van der Waals surface area contributed by atoms with Gasteiger partial charge < -0.3 is 0 Å². The molecule has 0 aliphatic carbocycles. The lowest BCUT2D eigenvalue weighted by molar-refractivity contribution is 0.149. The molecule has 82 valence electrons. The van der Waals surface area contributed by atoms with E-state index >= 15 is 0 Å². The van der Waals surface area contributed by atoms with Crippen molar-refractivity contribution < 1.29 is 8.78 Å². The van der Waals surface area contributed by atoms with Gasteiger partial charge in [-0.15, -0.1) is 11.6 Å². The number of pyridine rings is 1. The van der Waals surface area contributed by atoms with Crippen LogP contribution in [0, 0.1) is 22.7 Å². The molecule has 1 heterocycles. The van der Waals surface area contributed by atoms with Crippen LogP contribution in [0.4, 0.5) is 8.78 Å². The number of halogens is 3. The van der Waals surface area contributed by atoms with Crippen molar-refractivity contribution in [3.05, 3.63) is 28.6 Å². The average Bonchev–Trinajstić information content (AvgIpc) is 2.28. The minimum atomic E-state index is -2.84. The zero-order valence-electron chi connectivity index (χ0n) is 8.04. The van der Waals surface area contributed by atoms with Crippen LogP contribution in [0.5, 0.6) is 0 Å². The van der Waals surface area contributed by atoms with Crippen molar-refractivity contribution in [2.24, 2.45) is 0 Å². The average molecular weight is 242 g/mol. The van der Waals surface area contributed by atoms with Crippen molar-refractivity contribution in [1.29, 1.82) is 10.5 Å². The second kappa shape index (κ2) is 5.39. The Morgan fingerprint density at radius 1 is 1.44 bits per heavy atom. The summed E-state index contributed by atoms with van der Waals surface area (Å²) in [5.41, 5.74) is -0.475. The molecule has 0 aliphatic rings. The van der Waals surface area contributed by atoms with Crippen LogP contribution in [0.2, 0.25) is 0 Å². The first-order valence-electron chi connectivity index (χ1n) is 4.27. The van der Waals surface area contributed by atoms with Gasteiger partial charge in [0.25, 0.3) is 6.43 Å². The number of aromatic nitrogens is 1. The van der Waals surface area contributed by atoms with Gasteiger partial charge in [0.1, 0.15) is 6.07 Å². The molecule has 16 heavy (non-hydrogen) atoms. The van der Waals surface area contributed by atoms with Crippen LogP contribution >= 0.6 is 11.6 Å². The largest absolute Gasteiger partial charge is 0.266 e. The van der Waals surface area contributed by atoms with E-state index in [0.29, 0.717) is 0 Å². The highest BCUT2D eigenvalue weighted by molar-refractivity contribution is 6.17. The molecule has 6 heteroatoms. The Morgan fingerprint density at radius 3 is 2.56 bits per heavy atom. The predicted octanol–water partition coefficient (Wildman–Crippen LogP) is 2.70. The fraction of sp³-hybridized carbons (Fsp3) is 0.300. The van der Waals surface area contributed by atoms with E-state index in [4.69, 9.17) is 22.1 Å². The third-order valence-electron chi connectivity index (χ3n) is 2.00. The van der Waals surface area contributed by atoms with Gasteiger partial charge in [-0.3, -0.25) is 4.98 Å². The molecule has 0 aromatic carbocycles. The molecule has 0 fully saturated rings. The van der Waals surface area contributed by atoms with Crippen LogP contribution in [0.25, 0.3) is 0 Å². The summed E-state index contributed by atoms with van der Waals surface area (Å²) in [7, 11) is 0. The van der Waals surface area contributed by atoms with Gasteiger partial charge in [-0.1, -0.05) is 0 Å². The Labute approximate surface area is 95.9 Å². The second-order valence-corrected chi connectivity index (χ2v) is 3.17. The quantitative estimate of drug-likeness (QED) is 0.765. The Hall–Kier alpha value is -1.72. The van der Waals surface area contributed by atoms with Crippen LogP contribution in [0.15, 0.2) is 6.20 Å². The first kappa shape index (κ1) is 12.4. The fourth-order valence-electron chi connectivity index (χ4n) is 1.29. The summed E-state index contributed by atoms with van der Waals surface area (Å²) in [6, 6.07) is 3.41. The normalized spacial score (nSPS) is 9.88. The zero-order valence-corrected chi connectivity index (χ0v) is 8.80. The van der Waals surface area contributed by atoms with Crippen LogP contribution in [-0.4, -0.2) is 4.98 Å². The maximum Gasteiger partial charge on any atom is 0.266 e. The summed E-state index contributed by atoms with van der Waals surface area (Å²) in [6.07, 6.45) is -1.84. The Kier molecular flexibility index (Phi) is 4.16. The summed E-state index contributed by atoms with van der Waals surface area (Å²) >= 11 is 5.52. The smallest absolute Gasteiger partial charge is 0.259 e. The molecule has 0 N–H and O–H groups in total. The van der Waals surface area contributed by atoms with Crippen LogP contribution in [0.3, 0.4) is 0 Å². The number of nitrogens with zero attached hydrogens (tertiary/aromatic N) is 3. The summed E-state index contributed by atoms with van der Waals surface area (Å²) in [5.74, 6) is -0.0670. The van der Waals surface area contributed by atoms with E-state index in [0.717, 1.165) is 0 Å². The van der Waals surface area contributed by atoms with Gasteiger partial charge in [0.2, 0.25) is 0 Å². The number of hydrogen-bond donors (Lipinski definition) is 0. The molecule has 0 unspecified atom stereocenters. The monoisotopic (exact) mass is 241 g/mol. The van der Waals surface area contributed by atoms with Gasteiger partial charge in [-0.05, 0) is 0 Å². The van der Waals surface area contributed by atoms with Gasteiger partial charge in [-0.2, -0.15) is 10.5 Å². The fourth-order valence-corrected chi connectivity index (χ4v) is 1.49. The van der Waals surface area contributed by atoms with Gasteiger partial charge in [-0.25, -0.2) is 8.78 Å². The molecule has 0 bridgehead atoms. The molecular formula is C10H6ClF2N3. The van der Waals surface area contributed by atoms with Crippen molar-refractivity contribution in [1.82, 2.24) is 4.98 Å². The summed E-state index contributed by atoms with van der Waals surface area (Å²) in [5, 5.41) is 17.3. The van der Waals surface area contributed by atoms with Crippen molar-refractivity contribution in [3.63, 3.8) is 0 Å². The van der Waals surface area contributed by atoms with Gasteiger partial charge in [0.15, 0.2) is 0 Å². The van der Waals surface area contributed by atoms with Crippen LogP contribution in [0.1, 0.15) is 28.8 Å². The van der Waals surface area contributed by atoms with Gasteiger partial charge in [0.05, 0.1) is 35.2 Å². The minimum absolute atomic E-state index is 0.0667. The second-order valence-electron chi connectivity index (χ2n) is 2.90. The standard InChI is InChI=1S/C10H6ClF2N3/c11-3-6-5-16-8(1-2-14)9(10(12)13)7(6)4-15/h5,10H,1,3H2. The van der Waals surface area contributed by atoms with Crippen molar-refractivity contribution >= 4 is 11.6 Å². The van der Waals surface area contributed by atoms with Crippen LogP contribution < -0.4 is 0 Å². The third-order valence-corrected chi connectivity index (χ3v) is 2.29. The third kappa shape index (κ3) is 2.26. The molecule has 1 aromatic heterocycles. The summed E-state index contributed by atoms with van der Waals surface area (Å²) in [4.78, 5) is 3.73. The van der Waals surface area contributed by atoms with Gasteiger partial charge in [0, 0.05) is 11.8 Å². The highest BCUT2D eigenvalue weighted by Gasteiger charge is 2.21. The lowest BCUT2D eigenvalue weighted by Gasteiger charge is -2.09. The number of rotatable bonds is 3. The van der Waals surface area contributed by atoms with E-state index in [2.05, 4.69) is 4.98 Å². The van der Waals surface area contributed by atoms with Crippen molar-refractivity contribution in [2.45, 2.75) is 18.7 Å². The minimum Gasteiger partial charge on any atom is -0.259 e. The Morgan fingerprint density at radius 2 is 2.12 bits per heavy atom. The molecule has 0 amide bonds. The summed E-state index contributed by atoms with van der Waals surface area (Å²) < 4.78 is 25.5.